The number of nitrogens with one attached hydrogen (secondary N) is 2. The van der Waals surface area contributed by atoms with E-state index in [2.05, 4.69) is 4.74 Å². The second-order valence-corrected chi connectivity index (χ2v) is 2.08. The topological polar surface area (TPSA) is 125 Å². The summed E-state index contributed by atoms with van der Waals surface area (Å²) >= 11 is 0. The number of ether oxygens (including phenoxy) is 1. The number of carbonyl (C=O) groups excluding carboxylic acids is 1. The van der Waals surface area contributed by atoms with Gasteiger partial charge in [-0.2, -0.15) is 0 Å². The summed E-state index contributed by atoms with van der Waals surface area (Å²) in [4.78, 5) is 31.2. The fraction of sp³-hybridized carbons (Fsp3) is 0.500. The number of hydrogen-bond donors (Lipinski definition) is 4. The minimum Gasteiger partial charge on any atom is -0.465 e. The Hall–Kier alpha value is -1.99. The zero-order chi connectivity index (χ0) is 11.1. The second-order valence-electron chi connectivity index (χ2n) is 2.08. The van der Waals surface area contributed by atoms with Crippen molar-refractivity contribution in [1.82, 2.24) is 10.6 Å². The van der Waals surface area contributed by atoms with E-state index in [1.807, 2.05) is 0 Å². The van der Waals surface area contributed by atoms with Crippen molar-refractivity contribution in [1.29, 1.82) is 0 Å². The number of hydrogen-bond acceptors (Lipinski definition) is 4. The Balaban J connectivity index is 4.29. The molecular weight excluding hydrogens is 196 g/mol. The average molecular weight is 206 g/mol. The van der Waals surface area contributed by atoms with Gasteiger partial charge in [0.25, 0.3) is 0 Å². The summed E-state index contributed by atoms with van der Waals surface area (Å²) in [5.74, 6) is -1.00. The van der Waals surface area contributed by atoms with Crippen molar-refractivity contribution in [3.63, 3.8) is 0 Å². The lowest BCUT2D eigenvalue weighted by molar-refractivity contribution is -0.146. The lowest BCUT2D eigenvalue weighted by atomic mass is 10.5. The molecule has 80 valence electrons. The molecule has 0 aromatic heterocycles. The van der Waals surface area contributed by atoms with Crippen LogP contribution in [0.4, 0.5) is 9.59 Å². The fourth-order valence-corrected chi connectivity index (χ4v) is 0.626. The highest BCUT2D eigenvalue weighted by Crippen LogP contribution is 1.86. The standard InChI is InChI=1S/C6H10N2O6/c1-2-14-4(9)3(7-5(10)11)8-6(12)13/h3,7-8H,2H2,1H3,(H,10,11)(H,12,13). The molecule has 8 nitrogen and oxygen atoms in total. The summed E-state index contributed by atoms with van der Waals surface area (Å²) in [6.07, 6.45) is -4.67. The van der Waals surface area contributed by atoms with E-state index < -0.39 is 24.3 Å². The summed E-state index contributed by atoms with van der Waals surface area (Å²) in [5.41, 5.74) is 0. The van der Waals surface area contributed by atoms with Crippen molar-refractivity contribution in [2.45, 2.75) is 13.1 Å². The van der Waals surface area contributed by atoms with E-state index in [1.165, 1.54) is 6.92 Å². The van der Waals surface area contributed by atoms with Crippen molar-refractivity contribution < 1.29 is 29.3 Å². The van der Waals surface area contributed by atoms with E-state index in [1.54, 1.807) is 10.6 Å². The number of carboxylic acid groups (broad SMARTS) is 2. The lowest BCUT2D eigenvalue weighted by Crippen LogP contribution is -2.52. The van der Waals surface area contributed by atoms with E-state index in [0.717, 1.165) is 0 Å². The van der Waals surface area contributed by atoms with Gasteiger partial charge in [-0.1, -0.05) is 0 Å². The third-order valence-electron chi connectivity index (χ3n) is 1.06. The smallest absolute Gasteiger partial charge is 0.406 e. The highest BCUT2D eigenvalue weighted by atomic mass is 16.5. The first-order valence-electron chi connectivity index (χ1n) is 3.63. The molecule has 0 aromatic carbocycles. The van der Waals surface area contributed by atoms with Crippen LogP contribution < -0.4 is 10.6 Å². The van der Waals surface area contributed by atoms with Crippen molar-refractivity contribution in [3.8, 4) is 0 Å². The lowest BCUT2D eigenvalue weighted by Gasteiger charge is -2.14. The molecule has 0 radical (unpaired) electrons. The molecule has 0 aliphatic carbocycles. The molecule has 0 aliphatic rings. The Morgan fingerprint density at radius 2 is 1.64 bits per heavy atom. The second kappa shape index (κ2) is 5.62. The van der Waals surface area contributed by atoms with Gasteiger partial charge >= 0.3 is 18.2 Å². The van der Waals surface area contributed by atoms with Crippen LogP contribution in [0.3, 0.4) is 0 Å². The highest BCUT2D eigenvalue weighted by molar-refractivity contribution is 5.83. The molecule has 2 amide bonds. The normalized spacial score (nSPS) is 9.29. The number of amides is 2. The molecule has 0 heterocycles. The summed E-state index contributed by atoms with van der Waals surface area (Å²) in [5, 5.41) is 19.8. The Labute approximate surface area is 78.9 Å². The summed E-state index contributed by atoms with van der Waals surface area (Å²) in [7, 11) is 0. The molecule has 4 N–H and O–H groups in total. The maximum atomic E-state index is 10.9. The quantitative estimate of drug-likeness (QED) is 0.360. The molecule has 0 saturated carbocycles. The summed E-state index contributed by atoms with van der Waals surface area (Å²) in [6, 6.07) is 0. The van der Waals surface area contributed by atoms with E-state index in [-0.39, 0.29) is 6.61 Å². The number of carbonyl (C=O) groups is 3. The molecule has 0 spiro atoms. The maximum absolute atomic E-state index is 10.9. The van der Waals surface area contributed by atoms with Crippen LogP contribution in [0.2, 0.25) is 0 Å². The van der Waals surface area contributed by atoms with Gasteiger partial charge in [0, 0.05) is 0 Å². The minimum atomic E-state index is -1.61. The molecule has 0 rings (SSSR count). The van der Waals surface area contributed by atoms with Gasteiger partial charge in [0.1, 0.15) is 0 Å². The van der Waals surface area contributed by atoms with E-state index in [0.29, 0.717) is 0 Å². The molecule has 14 heavy (non-hydrogen) atoms. The van der Waals surface area contributed by atoms with E-state index in [4.69, 9.17) is 10.2 Å². The molecular formula is C6H10N2O6. The Morgan fingerprint density at radius 1 is 1.21 bits per heavy atom. The van der Waals surface area contributed by atoms with Crippen molar-refractivity contribution >= 4 is 18.2 Å². The van der Waals surface area contributed by atoms with Crippen molar-refractivity contribution in [3.05, 3.63) is 0 Å². The van der Waals surface area contributed by atoms with Crippen molar-refractivity contribution in [2.75, 3.05) is 6.61 Å². The third kappa shape index (κ3) is 4.80. The molecule has 0 aromatic rings. The highest BCUT2D eigenvalue weighted by Gasteiger charge is 2.23. The first-order chi connectivity index (χ1) is 6.47. The van der Waals surface area contributed by atoms with Crippen LogP contribution in [0.1, 0.15) is 6.92 Å². The fourth-order valence-electron chi connectivity index (χ4n) is 0.626. The molecule has 0 unspecified atom stereocenters. The molecule has 0 aliphatic heterocycles. The predicted molar refractivity (Wildman–Crippen MR) is 42.7 cm³/mol. The minimum absolute atomic E-state index is 0.0257. The molecule has 0 bridgehead atoms. The van der Waals surface area contributed by atoms with Crippen LogP contribution in [-0.4, -0.2) is 41.1 Å². The monoisotopic (exact) mass is 206 g/mol. The van der Waals surface area contributed by atoms with Gasteiger partial charge < -0.3 is 14.9 Å². The zero-order valence-electron chi connectivity index (χ0n) is 7.31. The van der Waals surface area contributed by atoms with Gasteiger partial charge in [-0.05, 0) is 6.92 Å². The van der Waals surface area contributed by atoms with Crippen LogP contribution in [0.5, 0.6) is 0 Å². The number of esters is 1. The zero-order valence-corrected chi connectivity index (χ0v) is 7.31. The van der Waals surface area contributed by atoms with Crippen LogP contribution in [0.25, 0.3) is 0 Å². The average Bonchev–Trinajstić information content (AvgIpc) is 2.01. The van der Waals surface area contributed by atoms with Crippen molar-refractivity contribution in [2.24, 2.45) is 0 Å². The molecule has 0 fully saturated rings. The third-order valence-corrected chi connectivity index (χ3v) is 1.06. The molecule has 8 heteroatoms. The largest absolute Gasteiger partial charge is 0.465 e. The van der Waals surface area contributed by atoms with E-state index in [9.17, 15) is 14.4 Å². The van der Waals surface area contributed by atoms with Crippen LogP contribution in [-0.2, 0) is 9.53 Å². The first-order valence-corrected chi connectivity index (χ1v) is 3.63. The SMILES string of the molecule is CCOC(=O)C(NC(=O)O)NC(=O)O. The van der Waals surface area contributed by atoms with Gasteiger partial charge in [-0.15, -0.1) is 0 Å². The maximum Gasteiger partial charge on any atom is 0.406 e. The molecule has 0 atom stereocenters. The van der Waals surface area contributed by atoms with Crippen LogP contribution >= 0.6 is 0 Å². The molecule has 0 saturated heterocycles. The summed E-state index contributed by atoms with van der Waals surface area (Å²) in [6.45, 7) is 1.54. The number of rotatable bonds is 4. The Morgan fingerprint density at radius 3 is 1.93 bits per heavy atom. The van der Waals surface area contributed by atoms with Gasteiger partial charge in [-0.3, -0.25) is 10.6 Å². The van der Waals surface area contributed by atoms with Gasteiger partial charge in [0.15, 0.2) is 0 Å². The Kier molecular flexibility index (Phi) is 4.82. The van der Waals surface area contributed by atoms with Gasteiger partial charge in [0.2, 0.25) is 6.17 Å². The van der Waals surface area contributed by atoms with Crippen LogP contribution in [0, 0.1) is 0 Å². The van der Waals surface area contributed by atoms with Gasteiger partial charge in [-0.25, -0.2) is 14.4 Å². The summed E-state index contributed by atoms with van der Waals surface area (Å²) < 4.78 is 4.42. The van der Waals surface area contributed by atoms with Crippen LogP contribution in [0.15, 0.2) is 0 Å². The first kappa shape index (κ1) is 12.0. The van der Waals surface area contributed by atoms with Gasteiger partial charge in [0.05, 0.1) is 6.61 Å². The predicted octanol–water partition coefficient (Wildman–Crippen LogP) is -0.589. The Bertz CT molecular complexity index is 224. The van der Waals surface area contributed by atoms with E-state index >= 15 is 0 Å².